The van der Waals surface area contributed by atoms with Gasteiger partial charge in [0, 0.05) is 13.2 Å². The maximum atomic E-state index is 11.6. The van der Waals surface area contributed by atoms with E-state index in [-0.39, 0.29) is 17.7 Å². The Hall–Kier alpha value is -1.91. The highest BCUT2D eigenvalue weighted by molar-refractivity contribution is 5.98. The van der Waals surface area contributed by atoms with Gasteiger partial charge in [-0.15, -0.1) is 0 Å². The molecule has 0 unspecified atom stereocenters. The van der Waals surface area contributed by atoms with Gasteiger partial charge in [-0.1, -0.05) is 0 Å². The Morgan fingerprint density at radius 1 is 1.62 bits per heavy atom. The van der Waals surface area contributed by atoms with Crippen molar-refractivity contribution in [2.75, 3.05) is 7.05 Å². The van der Waals surface area contributed by atoms with E-state index in [1.807, 2.05) is 0 Å². The van der Waals surface area contributed by atoms with Crippen LogP contribution in [-0.4, -0.2) is 30.3 Å². The molecule has 1 aromatic rings. The number of hydrogen-bond donors (Lipinski definition) is 1. The van der Waals surface area contributed by atoms with Gasteiger partial charge >= 0.3 is 0 Å². The van der Waals surface area contributed by atoms with E-state index in [1.54, 1.807) is 6.07 Å². The summed E-state index contributed by atoms with van der Waals surface area (Å²) < 4.78 is 5.55. The standard InChI is InChI=1S/C11H12N2O3/c1-12-11(15)8-4-5-13-9(6-14)10(8)16-7-2-3-7/h4-7H,2-3H2,1H3,(H,12,15). The van der Waals surface area contributed by atoms with Gasteiger partial charge in [0.05, 0.1) is 11.7 Å². The van der Waals surface area contributed by atoms with Crippen LogP contribution >= 0.6 is 0 Å². The van der Waals surface area contributed by atoms with E-state index >= 15 is 0 Å². The lowest BCUT2D eigenvalue weighted by molar-refractivity contribution is 0.0958. The van der Waals surface area contributed by atoms with Gasteiger partial charge in [-0.25, -0.2) is 4.98 Å². The van der Waals surface area contributed by atoms with Crippen molar-refractivity contribution in [3.8, 4) is 5.75 Å². The maximum Gasteiger partial charge on any atom is 0.254 e. The molecule has 1 aliphatic carbocycles. The SMILES string of the molecule is CNC(=O)c1ccnc(C=O)c1OC1CC1. The van der Waals surface area contributed by atoms with Gasteiger partial charge in [0.25, 0.3) is 5.91 Å². The van der Waals surface area contributed by atoms with Gasteiger partial charge < -0.3 is 10.1 Å². The number of aldehydes is 1. The van der Waals surface area contributed by atoms with E-state index in [0.717, 1.165) is 12.8 Å². The number of pyridine rings is 1. The molecule has 0 atom stereocenters. The summed E-state index contributed by atoms with van der Waals surface area (Å²) in [6, 6.07) is 1.55. The van der Waals surface area contributed by atoms with Crippen LogP contribution in [0.25, 0.3) is 0 Å². The van der Waals surface area contributed by atoms with Crippen LogP contribution in [0.5, 0.6) is 5.75 Å². The van der Waals surface area contributed by atoms with Crippen molar-refractivity contribution in [1.82, 2.24) is 10.3 Å². The van der Waals surface area contributed by atoms with Crippen molar-refractivity contribution in [3.05, 3.63) is 23.5 Å². The largest absolute Gasteiger partial charge is 0.487 e. The summed E-state index contributed by atoms with van der Waals surface area (Å²) in [7, 11) is 1.53. The minimum atomic E-state index is -0.277. The maximum absolute atomic E-state index is 11.6. The zero-order valence-electron chi connectivity index (χ0n) is 8.90. The highest BCUT2D eigenvalue weighted by Crippen LogP contribution is 2.30. The van der Waals surface area contributed by atoms with Crippen LogP contribution in [0.3, 0.4) is 0 Å². The summed E-state index contributed by atoms with van der Waals surface area (Å²) in [6.45, 7) is 0. The number of rotatable bonds is 4. The smallest absolute Gasteiger partial charge is 0.254 e. The molecule has 5 nitrogen and oxygen atoms in total. The van der Waals surface area contributed by atoms with E-state index in [4.69, 9.17) is 4.74 Å². The van der Waals surface area contributed by atoms with Crippen LogP contribution < -0.4 is 10.1 Å². The fourth-order valence-corrected chi connectivity index (χ4v) is 1.34. The van der Waals surface area contributed by atoms with Crippen molar-refractivity contribution in [1.29, 1.82) is 0 Å². The number of nitrogens with zero attached hydrogens (tertiary/aromatic N) is 1. The molecule has 1 saturated carbocycles. The average molecular weight is 220 g/mol. The third-order valence-electron chi connectivity index (χ3n) is 2.32. The molecule has 0 aliphatic heterocycles. The molecule has 1 N–H and O–H groups in total. The highest BCUT2D eigenvalue weighted by atomic mass is 16.5. The Morgan fingerprint density at radius 2 is 2.38 bits per heavy atom. The molecule has 0 saturated heterocycles. The van der Waals surface area contributed by atoms with Crippen LogP contribution in [0.4, 0.5) is 0 Å². The fourth-order valence-electron chi connectivity index (χ4n) is 1.34. The van der Waals surface area contributed by atoms with Gasteiger partial charge in [0.15, 0.2) is 12.0 Å². The van der Waals surface area contributed by atoms with Gasteiger partial charge in [-0.2, -0.15) is 0 Å². The van der Waals surface area contributed by atoms with E-state index < -0.39 is 0 Å². The fraction of sp³-hybridized carbons (Fsp3) is 0.364. The lowest BCUT2D eigenvalue weighted by Gasteiger charge is -2.10. The molecule has 84 valence electrons. The first kappa shape index (κ1) is 10.6. The zero-order chi connectivity index (χ0) is 11.5. The van der Waals surface area contributed by atoms with Gasteiger partial charge in [-0.05, 0) is 18.9 Å². The third kappa shape index (κ3) is 2.03. The van der Waals surface area contributed by atoms with E-state index in [9.17, 15) is 9.59 Å². The molecule has 1 aromatic heterocycles. The van der Waals surface area contributed by atoms with E-state index in [2.05, 4.69) is 10.3 Å². The summed E-state index contributed by atoms with van der Waals surface area (Å²) in [4.78, 5) is 26.3. The number of hydrogen-bond acceptors (Lipinski definition) is 4. The molecule has 0 aromatic carbocycles. The normalized spacial score (nSPS) is 14.3. The van der Waals surface area contributed by atoms with Crippen LogP contribution in [-0.2, 0) is 0 Å². The summed E-state index contributed by atoms with van der Waals surface area (Å²) >= 11 is 0. The zero-order valence-corrected chi connectivity index (χ0v) is 8.90. The van der Waals surface area contributed by atoms with Crippen LogP contribution in [0.15, 0.2) is 12.3 Å². The van der Waals surface area contributed by atoms with E-state index in [1.165, 1.54) is 13.2 Å². The Kier molecular flexibility index (Phi) is 2.85. The molecule has 1 heterocycles. The number of carbonyl (C=O) groups is 2. The lowest BCUT2D eigenvalue weighted by atomic mass is 10.2. The summed E-state index contributed by atoms with van der Waals surface area (Å²) in [6.07, 6.45) is 4.06. The molecule has 1 fully saturated rings. The molecular weight excluding hydrogens is 208 g/mol. The summed E-state index contributed by atoms with van der Waals surface area (Å²) in [5.74, 6) is 0.0144. The molecule has 1 aliphatic rings. The molecular formula is C11H12N2O3. The quantitative estimate of drug-likeness (QED) is 0.762. The Labute approximate surface area is 92.8 Å². The highest BCUT2D eigenvalue weighted by Gasteiger charge is 2.27. The number of nitrogens with one attached hydrogen (secondary N) is 1. The molecule has 0 spiro atoms. The van der Waals surface area contributed by atoms with Crippen molar-refractivity contribution in [2.24, 2.45) is 0 Å². The third-order valence-corrected chi connectivity index (χ3v) is 2.32. The Balaban J connectivity index is 2.40. The van der Waals surface area contributed by atoms with Gasteiger partial charge in [0.2, 0.25) is 0 Å². The first-order valence-corrected chi connectivity index (χ1v) is 5.09. The molecule has 0 bridgehead atoms. The molecule has 5 heteroatoms. The van der Waals surface area contributed by atoms with Crippen molar-refractivity contribution < 1.29 is 14.3 Å². The summed E-state index contributed by atoms with van der Waals surface area (Å²) in [5.41, 5.74) is 0.527. The van der Waals surface area contributed by atoms with Crippen LogP contribution in [0.1, 0.15) is 33.7 Å². The van der Waals surface area contributed by atoms with E-state index in [0.29, 0.717) is 17.6 Å². The number of aromatic nitrogens is 1. The molecule has 2 rings (SSSR count). The summed E-state index contributed by atoms with van der Waals surface area (Å²) in [5, 5.41) is 2.50. The number of carbonyl (C=O) groups excluding carboxylic acids is 2. The van der Waals surface area contributed by atoms with Gasteiger partial charge in [-0.3, -0.25) is 9.59 Å². The topological polar surface area (TPSA) is 68.3 Å². The lowest BCUT2D eigenvalue weighted by Crippen LogP contribution is -2.20. The van der Waals surface area contributed by atoms with Crippen LogP contribution in [0, 0.1) is 0 Å². The second kappa shape index (κ2) is 4.30. The minimum Gasteiger partial charge on any atom is -0.487 e. The number of ether oxygens (including phenoxy) is 1. The molecule has 0 radical (unpaired) electrons. The second-order valence-electron chi connectivity index (χ2n) is 3.59. The minimum absolute atomic E-state index is 0.117. The van der Waals surface area contributed by atoms with Gasteiger partial charge in [0.1, 0.15) is 5.69 Å². The molecule has 1 amide bonds. The average Bonchev–Trinajstić information content (AvgIpc) is 3.12. The number of amides is 1. The second-order valence-corrected chi connectivity index (χ2v) is 3.59. The predicted molar refractivity (Wildman–Crippen MR) is 56.7 cm³/mol. The predicted octanol–water partition coefficient (Wildman–Crippen LogP) is 0.795. The van der Waals surface area contributed by atoms with Crippen molar-refractivity contribution >= 4 is 12.2 Å². The van der Waals surface area contributed by atoms with Crippen molar-refractivity contribution in [2.45, 2.75) is 18.9 Å². The monoisotopic (exact) mass is 220 g/mol. The Morgan fingerprint density at radius 3 is 2.94 bits per heavy atom. The first-order valence-electron chi connectivity index (χ1n) is 5.09. The van der Waals surface area contributed by atoms with Crippen LogP contribution in [0.2, 0.25) is 0 Å². The van der Waals surface area contributed by atoms with Crippen molar-refractivity contribution in [3.63, 3.8) is 0 Å². The first-order chi connectivity index (χ1) is 7.76. The molecule has 16 heavy (non-hydrogen) atoms. The Bertz CT molecular complexity index is 427.